The molecule has 20 heavy (non-hydrogen) atoms. The molecule has 2 heterocycles. The Bertz CT molecular complexity index is 597. The number of amides is 1. The van der Waals surface area contributed by atoms with E-state index in [0.717, 1.165) is 22.4 Å². The maximum absolute atomic E-state index is 12.0. The van der Waals surface area contributed by atoms with Gasteiger partial charge in [0.1, 0.15) is 10.3 Å². The third-order valence-electron chi connectivity index (χ3n) is 3.07. The monoisotopic (exact) mass is 339 g/mol. The lowest BCUT2D eigenvalue weighted by Gasteiger charge is -2.12. The van der Waals surface area contributed by atoms with Crippen molar-refractivity contribution in [2.45, 2.75) is 32.2 Å². The van der Waals surface area contributed by atoms with E-state index in [-0.39, 0.29) is 25.0 Å². The normalized spacial score (nSPS) is 12.6. The van der Waals surface area contributed by atoms with Crippen LogP contribution in [-0.2, 0) is 11.2 Å². The minimum atomic E-state index is -0.0560. The number of fused-ring (bicyclic) bond motifs is 1. The molecule has 0 aliphatic heterocycles. The molecule has 0 saturated heterocycles. The van der Waals surface area contributed by atoms with Crippen LogP contribution in [0.2, 0.25) is 0 Å². The second-order valence-electron chi connectivity index (χ2n) is 4.79. The predicted molar refractivity (Wildman–Crippen MR) is 80.5 cm³/mol. The summed E-state index contributed by atoms with van der Waals surface area (Å²) in [6.07, 6.45) is 3.61. The molecule has 0 aliphatic carbocycles. The highest BCUT2D eigenvalue weighted by Gasteiger charge is 2.14. The van der Waals surface area contributed by atoms with E-state index in [1.807, 2.05) is 35.7 Å². The van der Waals surface area contributed by atoms with Crippen molar-refractivity contribution in [3.8, 4) is 0 Å². The minimum absolute atomic E-state index is 0.0560. The molecule has 1 amide bonds. The van der Waals surface area contributed by atoms with Gasteiger partial charge in [-0.25, -0.2) is 4.98 Å². The van der Waals surface area contributed by atoms with Crippen molar-refractivity contribution in [1.82, 2.24) is 14.7 Å². The van der Waals surface area contributed by atoms with Gasteiger partial charge in [-0.05, 0) is 47.8 Å². The van der Waals surface area contributed by atoms with E-state index in [1.165, 1.54) is 0 Å². The molecule has 0 aliphatic rings. The average molecular weight is 340 g/mol. The largest absolute Gasteiger partial charge is 0.396 e. The molecule has 1 atom stereocenters. The van der Waals surface area contributed by atoms with E-state index in [4.69, 9.17) is 5.11 Å². The number of hydrogen-bond donors (Lipinski definition) is 2. The molecule has 2 rings (SSSR count). The van der Waals surface area contributed by atoms with Gasteiger partial charge < -0.3 is 10.4 Å². The van der Waals surface area contributed by atoms with E-state index in [9.17, 15) is 4.79 Å². The summed E-state index contributed by atoms with van der Waals surface area (Å²) in [5, 5.41) is 11.7. The van der Waals surface area contributed by atoms with Crippen LogP contribution in [0.1, 0.15) is 25.5 Å². The van der Waals surface area contributed by atoms with Crippen molar-refractivity contribution < 1.29 is 9.90 Å². The molecule has 5 nitrogen and oxygen atoms in total. The van der Waals surface area contributed by atoms with E-state index < -0.39 is 0 Å². The quantitative estimate of drug-likeness (QED) is 0.844. The Hall–Kier alpha value is -1.40. The third kappa shape index (κ3) is 3.58. The molecule has 0 fully saturated rings. The van der Waals surface area contributed by atoms with Crippen molar-refractivity contribution in [2.75, 3.05) is 6.61 Å². The molecule has 0 aromatic carbocycles. The summed E-state index contributed by atoms with van der Waals surface area (Å²) in [6.45, 7) is 2.09. The second-order valence-corrected chi connectivity index (χ2v) is 5.54. The Kier molecular flexibility index (Phi) is 5.14. The lowest BCUT2D eigenvalue weighted by molar-refractivity contribution is -0.121. The van der Waals surface area contributed by atoms with Crippen LogP contribution in [0.25, 0.3) is 5.65 Å². The molecular formula is C14H18BrN3O2. The van der Waals surface area contributed by atoms with Crippen molar-refractivity contribution in [3.63, 3.8) is 0 Å². The molecule has 6 heteroatoms. The summed E-state index contributed by atoms with van der Waals surface area (Å²) in [4.78, 5) is 16.4. The first-order valence-electron chi connectivity index (χ1n) is 6.63. The number of nitrogens with one attached hydrogen (secondary N) is 1. The fourth-order valence-corrected chi connectivity index (χ4v) is 2.60. The third-order valence-corrected chi connectivity index (χ3v) is 3.91. The maximum atomic E-state index is 12.0. The molecule has 0 spiro atoms. The highest BCUT2D eigenvalue weighted by molar-refractivity contribution is 9.10. The molecule has 0 radical (unpaired) electrons. The van der Waals surface area contributed by atoms with Crippen LogP contribution in [0, 0.1) is 0 Å². The fraction of sp³-hybridized carbons (Fsp3) is 0.429. The summed E-state index contributed by atoms with van der Waals surface area (Å²) in [6, 6.07) is 5.79. The van der Waals surface area contributed by atoms with Crippen LogP contribution in [0.3, 0.4) is 0 Å². The fourth-order valence-electron chi connectivity index (χ4n) is 2.07. The number of imidazole rings is 1. The summed E-state index contributed by atoms with van der Waals surface area (Å²) < 4.78 is 2.71. The van der Waals surface area contributed by atoms with Gasteiger partial charge in [-0.15, -0.1) is 0 Å². The molecule has 1 unspecified atom stereocenters. The zero-order valence-electron chi connectivity index (χ0n) is 11.3. The number of pyridine rings is 1. The number of carbonyl (C=O) groups is 1. The standard InChI is InChI=1S/C14H18BrN3O2/c1-10(5-4-8-19)16-13(20)9-11-14(15)18-7-3-2-6-12(18)17-11/h2-3,6-7,10,19H,4-5,8-9H2,1H3,(H,16,20). The van der Waals surface area contributed by atoms with Crippen molar-refractivity contribution in [3.05, 3.63) is 34.7 Å². The topological polar surface area (TPSA) is 66.6 Å². The lowest BCUT2D eigenvalue weighted by atomic mass is 10.2. The van der Waals surface area contributed by atoms with E-state index in [0.29, 0.717) is 6.42 Å². The number of aliphatic hydroxyl groups is 1. The number of carbonyl (C=O) groups excluding carboxylic acids is 1. The number of halogens is 1. The van der Waals surface area contributed by atoms with Gasteiger partial charge in [-0.2, -0.15) is 0 Å². The van der Waals surface area contributed by atoms with Crippen LogP contribution >= 0.6 is 15.9 Å². The molecule has 108 valence electrons. The van der Waals surface area contributed by atoms with Crippen LogP contribution in [0.15, 0.2) is 29.0 Å². The van der Waals surface area contributed by atoms with Gasteiger partial charge >= 0.3 is 0 Å². The summed E-state index contributed by atoms with van der Waals surface area (Å²) in [7, 11) is 0. The highest BCUT2D eigenvalue weighted by Crippen LogP contribution is 2.19. The van der Waals surface area contributed by atoms with Gasteiger partial charge in [0, 0.05) is 18.8 Å². The Morgan fingerprint density at radius 3 is 3.05 bits per heavy atom. The highest BCUT2D eigenvalue weighted by atomic mass is 79.9. The predicted octanol–water partition coefficient (Wildman–Crippen LogP) is 1.92. The summed E-state index contributed by atoms with van der Waals surface area (Å²) >= 11 is 3.48. The average Bonchev–Trinajstić information content (AvgIpc) is 2.73. The first kappa shape index (κ1) is 15.0. The van der Waals surface area contributed by atoms with Gasteiger partial charge in [0.15, 0.2) is 0 Å². The SMILES string of the molecule is CC(CCCO)NC(=O)Cc1nc2ccccn2c1Br. The number of rotatable bonds is 6. The van der Waals surface area contributed by atoms with Gasteiger partial charge in [0.05, 0.1) is 12.1 Å². The van der Waals surface area contributed by atoms with Crippen LogP contribution in [-0.4, -0.2) is 33.0 Å². The molecule has 2 N–H and O–H groups in total. The maximum Gasteiger partial charge on any atom is 0.226 e. The summed E-state index contributed by atoms with van der Waals surface area (Å²) in [5.74, 6) is -0.0560. The first-order valence-corrected chi connectivity index (χ1v) is 7.43. The van der Waals surface area contributed by atoms with Crippen molar-refractivity contribution in [2.24, 2.45) is 0 Å². The Morgan fingerprint density at radius 2 is 2.35 bits per heavy atom. The van der Waals surface area contributed by atoms with E-state index in [2.05, 4.69) is 26.2 Å². The molecular weight excluding hydrogens is 322 g/mol. The van der Waals surface area contributed by atoms with Crippen LogP contribution in [0.5, 0.6) is 0 Å². The number of hydrogen-bond acceptors (Lipinski definition) is 3. The van der Waals surface area contributed by atoms with Crippen LogP contribution in [0.4, 0.5) is 0 Å². The molecule has 0 bridgehead atoms. The van der Waals surface area contributed by atoms with Crippen molar-refractivity contribution >= 4 is 27.5 Å². The van der Waals surface area contributed by atoms with Crippen LogP contribution < -0.4 is 5.32 Å². The zero-order chi connectivity index (χ0) is 14.5. The molecule has 2 aromatic rings. The first-order chi connectivity index (χ1) is 9.61. The Morgan fingerprint density at radius 1 is 1.55 bits per heavy atom. The smallest absolute Gasteiger partial charge is 0.226 e. The summed E-state index contributed by atoms with van der Waals surface area (Å²) in [5.41, 5.74) is 1.54. The van der Waals surface area contributed by atoms with Gasteiger partial charge in [-0.1, -0.05) is 6.07 Å². The number of aliphatic hydroxyl groups excluding tert-OH is 1. The second kappa shape index (κ2) is 6.85. The Labute approximate surface area is 126 Å². The molecule has 2 aromatic heterocycles. The zero-order valence-corrected chi connectivity index (χ0v) is 12.9. The lowest BCUT2D eigenvalue weighted by Crippen LogP contribution is -2.33. The number of nitrogens with zero attached hydrogens (tertiary/aromatic N) is 2. The van der Waals surface area contributed by atoms with E-state index >= 15 is 0 Å². The molecule has 0 saturated carbocycles. The van der Waals surface area contributed by atoms with Gasteiger partial charge in [0.2, 0.25) is 5.91 Å². The minimum Gasteiger partial charge on any atom is -0.396 e. The van der Waals surface area contributed by atoms with Gasteiger partial charge in [0.25, 0.3) is 0 Å². The van der Waals surface area contributed by atoms with Crippen molar-refractivity contribution in [1.29, 1.82) is 0 Å². The van der Waals surface area contributed by atoms with Gasteiger partial charge in [-0.3, -0.25) is 9.20 Å². The van der Waals surface area contributed by atoms with E-state index in [1.54, 1.807) is 0 Å². The Balaban J connectivity index is 2.01. The number of aromatic nitrogens is 2.